The maximum absolute atomic E-state index is 11.9. The molecule has 27 heavy (non-hydrogen) atoms. The molecule has 0 aliphatic rings. The summed E-state index contributed by atoms with van der Waals surface area (Å²) >= 11 is 8.52. The fourth-order valence-electron chi connectivity index (χ4n) is 2.46. The normalized spacial score (nSPS) is 12.7. The van der Waals surface area contributed by atoms with E-state index >= 15 is 0 Å². The van der Waals surface area contributed by atoms with Gasteiger partial charge in [-0.1, -0.05) is 107 Å². The van der Waals surface area contributed by atoms with Crippen LogP contribution in [0.3, 0.4) is 0 Å². The standard InChI is InChI=1S/C22H38O2S3/c1-4-6-8-10-11-12-13-14-15-17-19-26-22(25)27-20(3)21(23)24-18-16-9-7-5-2/h5,7,9,16,20H,4,6,8,10-15,17-19H2,1-3H3/b7-5+,16-9+. The van der Waals surface area contributed by atoms with Crippen LogP contribution in [0.5, 0.6) is 0 Å². The molecule has 0 radical (unpaired) electrons. The fourth-order valence-corrected chi connectivity index (χ4v) is 5.07. The van der Waals surface area contributed by atoms with Gasteiger partial charge < -0.3 is 4.74 Å². The van der Waals surface area contributed by atoms with Crippen molar-refractivity contribution in [1.82, 2.24) is 0 Å². The predicted octanol–water partition coefficient (Wildman–Crippen LogP) is 7.72. The minimum absolute atomic E-state index is 0.202. The summed E-state index contributed by atoms with van der Waals surface area (Å²) in [6, 6.07) is 0. The zero-order chi connectivity index (χ0) is 20.2. The lowest BCUT2D eigenvalue weighted by Gasteiger charge is -2.10. The molecule has 0 saturated heterocycles. The van der Waals surface area contributed by atoms with E-state index in [1.165, 1.54) is 76.0 Å². The van der Waals surface area contributed by atoms with Crippen LogP contribution in [0.2, 0.25) is 0 Å². The molecule has 1 atom stereocenters. The Kier molecular flexibility index (Phi) is 20.3. The van der Waals surface area contributed by atoms with Gasteiger partial charge in [-0.2, -0.15) is 0 Å². The van der Waals surface area contributed by atoms with Gasteiger partial charge >= 0.3 is 5.97 Å². The molecule has 0 aromatic rings. The summed E-state index contributed by atoms with van der Waals surface area (Å²) < 4.78 is 6.06. The van der Waals surface area contributed by atoms with Gasteiger partial charge in [0.15, 0.2) is 0 Å². The number of ether oxygens (including phenoxy) is 1. The van der Waals surface area contributed by atoms with Crippen LogP contribution < -0.4 is 0 Å². The third-order valence-electron chi connectivity index (χ3n) is 4.08. The molecule has 0 amide bonds. The van der Waals surface area contributed by atoms with Crippen molar-refractivity contribution in [2.24, 2.45) is 0 Å². The number of carbonyl (C=O) groups is 1. The Bertz CT molecular complexity index is 433. The quantitative estimate of drug-likeness (QED) is 0.108. The molecule has 0 saturated carbocycles. The summed E-state index contributed by atoms with van der Waals surface area (Å²) in [5, 5.41) is -0.243. The van der Waals surface area contributed by atoms with Crippen molar-refractivity contribution >= 4 is 45.2 Å². The topological polar surface area (TPSA) is 26.3 Å². The summed E-state index contributed by atoms with van der Waals surface area (Å²) in [5.74, 6) is 0.850. The molecule has 0 aliphatic heterocycles. The first kappa shape index (κ1) is 26.7. The Morgan fingerprint density at radius 2 is 1.59 bits per heavy atom. The van der Waals surface area contributed by atoms with Gasteiger partial charge in [-0.05, 0) is 32.1 Å². The molecular formula is C22H38O2S3. The molecule has 0 N–H and O–H groups in total. The SMILES string of the molecule is C/C=C/C=C/COC(=O)C(C)SC(=S)SCCCCCCCCCCCC. The lowest BCUT2D eigenvalue weighted by molar-refractivity contribution is -0.141. The van der Waals surface area contributed by atoms with Crippen molar-refractivity contribution in [1.29, 1.82) is 0 Å². The van der Waals surface area contributed by atoms with Gasteiger partial charge in [0.2, 0.25) is 0 Å². The minimum atomic E-state index is -0.243. The first-order valence-corrected chi connectivity index (χ1v) is 12.7. The number of unbranched alkanes of at least 4 members (excludes halogenated alkanes) is 9. The summed E-state index contributed by atoms with van der Waals surface area (Å²) in [6.07, 6.45) is 21.0. The van der Waals surface area contributed by atoms with Gasteiger partial charge in [0.1, 0.15) is 15.4 Å². The Labute approximate surface area is 181 Å². The average Bonchev–Trinajstić information content (AvgIpc) is 2.65. The second-order valence-electron chi connectivity index (χ2n) is 6.62. The zero-order valence-corrected chi connectivity index (χ0v) is 19.9. The molecule has 0 aromatic heterocycles. The first-order chi connectivity index (χ1) is 13.1. The molecule has 0 fully saturated rings. The number of rotatable bonds is 16. The monoisotopic (exact) mass is 430 g/mol. The van der Waals surface area contributed by atoms with Crippen LogP contribution in [0.15, 0.2) is 24.3 Å². The van der Waals surface area contributed by atoms with E-state index in [1.807, 2.05) is 38.2 Å². The molecule has 0 heterocycles. The van der Waals surface area contributed by atoms with E-state index < -0.39 is 0 Å². The van der Waals surface area contributed by atoms with E-state index in [0.717, 1.165) is 9.28 Å². The first-order valence-electron chi connectivity index (χ1n) is 10.4. The number of thioether (sulfide) groups is 2. The summed E-state index contributed by atoms with van der Waals surface area (Å²) in [7, 11) is 0. The predicted molar refractivity (Wildman–Crippen MR) is 129 cm³/mol. The van der Waals surface area contributed by atoms with E-state index in [0.29, 0.717) is 6.61 Å². The number of hydrogen-bond acceptors (Lipinski definition) is 5. The van der Waals surface area contributed by atoms with Crippen molar-refractivity contribution in [3.63, 3.8) is 0 Å². The van der Waals surface area contributed by atoms with Gasteiger partial charge in [-0.25, -0.2) is 0 Å². The summed E-state index contributed by atoms with van der Waals surface area (Å²) in [6.45, 7) is 6.38. The van der Waals surface area contributed by atoms with Crippen LogP contribution in [0, 0.1) is 0 Å². The Morgan fingerprint density at radius 1 is 1.00 bits per heavy atom. The minimum Gasteiger partial charge on any atom is -0.461 e. The molecule has 0 spiro atoms. The Hall–Kier alpha value is -0.260. The average molecular weight is 431 g/mol. The van der Waals surface area contributed by atoms with Crippen molar-refractivity contribution < 1.29 is 9.53 Å². The third kappa shape index (κ3) is 18.9. The van der Waals surface area contributed by atoms with E-state index in [-0.39, 0.29) is 11.2 Å². The molecule has 2 nitrogen and oxygen atoms in total. The number of carbonyl (C=O) groups excluding carboxylic acids is 1. The lowest BCUT2D eigenvalue weighted by atomic mass is 10.1. The molecule has 156 valence electrons. The van der Waals surface area contributed by atoms with Crippen LogP contribution in [0.1, 0.15) is 85.0 Å². The van der Waals surface area contributed by atoms with E-state index in [2.05, 4.69) is 6.92 Å². The third-order valence-corrected chi connectivity index (χ3v) is 6.84. The van der Waals surface area contributed by atoms with Crippen LogP contribution in [-0.4, -0.2) is 27.1 Å². The highest BCUT2D eigenvalue weighted by molar-refractivity contribution is 8.47. The highest BCUT2D eigenvalue weighted by atomic mass is 32.2. The molecule has 1 unspecified atom stereocenters. The maximum Gasteiger partial charge on any atom is 0.319 e. The van der Waals surface area contributed by atoms with Crippen molar-refractivity contribution in [3.8, 4) is 0 Å². The lowest BCUT2D eigenvalue weighted by Crippen LogP contribution is -2.18. The Morgan fingerprint density at radius 3 is 2.19 bits per heavy atom. The molecule has 0 bridgehead atoms. The van der Waals surface area contributed by atoms with Crippen LogP contribution in [0.25, 0.3) is 0 Å². The van der Waals surface area contributed by atoms with Gasteiger partial charge in [0, 0.05) is 0 Å². The van der Waals surface area contributed by atoms with Crippen LogP contribution in [-0.2, 0) is 9.53 Å². The van der Waals surface area contributed by atoms with Gasteiger partial charge in [-0.15, -0.1) is 11.8 Å². The van der Waals surface area contributed by atoms with E-state index in [1.54, 1.807) is 11.8 Å². The summed E-state index contributed by atoms with van der Waals surface area (Å²) in [4.78, 5) is 11.9. The van der Waals surface area contributed by atoms with Crippen molar-refractivity contribution in [3.05, 3.63) is 24.3 Å². The van der Waals surface area contributed by atoms with Crippen molar-refractivity contribution in [2.45, 2.75) is 90.2 Å². The molecule has 0 aliphatic carbocycles. The highest BCUT2D eigenvalue weighted by Gasteiger charge is 2.17. The molecular weight excluding hydrogens is 392 g/mol. The Balaban J connectivity index is 3.55. The smallest absolute Gasteiger partial charge is 0.319 e. The van der Waals surface area contributed by atoms with Crippen molar-refractivity contribution in [2.75, 3.05) is 12.4 Å². The van der Waals surface area contributed by atoms with E-state index in [9.17, 15) is 4.79 Å². The van der Waals surface area contributed by atoms with Gasteiger partial charge in [0.05, 0.1) is 0 Å². The molecule has 5 heteroatoms. The fraction of sp³-hybridized carbons (Fsp3) is 0.727. The maximum atomic E-state index is 11.9. The van der Waals surface area contributed by atoms with Gasteiger partial charge in [-0.3, -0.25) is 4.79 Å². The van der Waals surface area contributed by atoms with E-state index in [4.69, 9.17) is 17.0 Å². The molecule has 0 rings (SSSR count). The molecule has 0 aromatic carbocycles. The second kappa shape index (κ2) is 20.5. The zero-order valence-electron chi connectivity index (χ0n) is 17.4. The highest BCUT2D eigenvalue weighted by Crippen LogP contribution is 2.24. The van der Waals surface area contributed by atoms with Gasteiger partial charge in [0.25, 0.3) is 0 Å². The number of allylic oxidation sites excluding steroid dienone is 3. The number of hydrogen-bond donors (Lipinski definition) is 0. The number of thiocarbonyl (C=S) groups is 1. The van der Waals surface area contributed by atoms with Crippen LogP contribution >= 0.6 is 35.7 Å². The van der Waals surface area contributed by atoms with Crippen LogP contribution in [0.4, 0.5) is 0 Å². The largest absolute Gasteiger partial charge is 0.461 e. The number of esters is 1. The summed E-state index contributed by atoms with van der Waals surface area (Å²) in [5.41, 5.74) is 0. The second-order valence-corrected chi connectivity index (χ2v) is 10.3.